The summed E-state index contributed by atoms with van der Waals surface area (Å²) in [6.07, 6.45) is 1.71. The van der Waals surface area contributed by atoms with Crippen LogP contribution in [0.15, 0.2) is 28.0 Å². The molecule has 3 rings (SSSR count). The Morgan fingerprint density at radius 2 is 1.87 bits per heavy atom. The number of sulfonamides is 1. The molecule has 3 N–H and O–H groups in total. The first-order chi connectivity index (χ1) is 14.6. The van der Waals surface area contributed by atoms with E-state index in [9.17, 15) is 13.5 Å². The number of nitrogens with zero attached hydrogens (tertiary/aromatic N) is 5. The van der Waals surface area contributed by atoms with Gasteiger partial charge in [-0.3, -0.25) is 4.72 Å². The smallest absolute Gasteiger partial charge is 0.242 e. The fourth-order valence-corrected chi connectivity index (χ4v) is 4.33. The second-order valence-electron chi connectivity index (χ2n) is 7.53. The summed E-state index contributed by atoms with van der Waals surface area (Å²) in [5, 5.41) is 20.7. The Labute approximate surface area is 184 Å². The highest BCUT2D eigenvalue weighted by atomic mass is 32.2. The van der Waals surface area contributed by atoms with Gasteiger partial charge in [0.15, 0.2) is 5.16 Å². The van der Waals surface area contributed by atoms with Gasteiger partial charge in [-0.2, -0.15) is 15.0 Å². The number of thioether (sulfide) groups is 1. The molecular formula is C18H25N7O4S2. The molecule has 0 saturated heterocycles. The number of aromatic nitrogens is 5. The molecule has 0 aliphatic rings. The van der Waals surface area contributed by atoms with Crippen LogP contribution in [0.4, 0.5) is 11.9 Å². The number of rotatable bonds is 10. The first-order valence-electron chi connectivity index (χ1n) is 9.63. The number of aliphatic hydroxyl groups excluding tert-OH is 1. The Morgan fingerprint density at radius 1 is 1.13 bits per heavy atom. The predicted octanol–water partition coefficient (Wildman–Crippen LogP) is 2.45. The minimum Gasteiger partial charge on any atom is -0.394 e. The Hall–Kier alpha value is -2.51. The lowest BCUT2D eigenvalue weighted by molar-refractivity contribution is 0.259. The second-order valence-corrected chi connectivity index (χ2v) is 10.6. The highest BCUT2D eigenvalue weighted by Gasteiger charge is 2.19. The van der Waals surface area contributed by atoms with E-state index in [0.717, 1.165) is 11.8 Å². The van der Waals surface area contributed by atoms with Crippen LogP contribution >= 0.6 is 11.8 Å². The Kier molecular flexibility index (Phi) is 7.28. The van der Waals surface area contributed by atoms with Gasteiger partial charge >= 0.3 is 0 Å². The van der Waals surface area contributed by atoms with E-state index in [0.29, 0.717) is 28.5 Å². The number of nitrogens with one attached hydrogen (secondary N) is 2. The Bertz CT molecular complexity index is 1140. The van der Waals surface area contributed by atoms with Crippen molar-refractivity contribution in [3.8, 4) is 0 Å². The van der Waals surface area contributed by atoms with Gasteiger partial charge in [-0.15, -0.1) is 0 Å². The highest BCUT2D eigenvalue weighted by molar-refractivity contribution is 7.99. The van der Waals surface area contributed by atoms with E-state index in [1.165, 1.54) is 11.8 Å². The van der Waals surface area contributed by atoms with E-state index in [-0.39, 0.29) is 29.8 Å². The standard InChI is InChI=1S/C18H25N7O4S2/c1-10(2)8-12(9-26)19-16-20-17(25-31(4,27)28)22-18(21-16)30-11(3)13-6-5-7-14-15(13)24-29-23-14/h5-7,10-12,26H,8-9H2,1-4H3,(H2,19,20,21,22,25)/t11?,12-/m1/s1. The lowest BCUT2D eigenvalue weighted by Crippen LogP contribution is -2.27. The van der Waals surface area contributed by atoms with Crippen molar-refractivity contribution in [2.24, 2.45) is 5.92 Å². The van der Waals surface area contributed by atoms with Crippen molar-refractivity contribution in [2.45, 2.75) is 43.6 Å². The molecule has 168 valence electrons. The SMILES string of the molecule is CC(C)C[C@H](CO)Nc1nc(NS(C)(=O)=O)nc(SC(C)c2cccc3nonc23)n1. The molecule has 11 nitrogen and oxygen atoms in total. The molecule has 0 aliphatic carbocycles. The maximum Gasteiger partial charge on any atom is 0.242 e. The molecule has 0 aliphatic heterocycles. The molecule has 0 radical (unpaired) electrons. The number of hydrogen-bond donors (Lipinski definition) is 3. The van der Waals surface area contributed by atoms with E-state index >= 15 is 0 Å². The molecule has 13 heteroatoms. The van der Waals surface area contributed by atoms with E-state index in [1.54, 1.807) is 6.07 Å². The maximum absolute atomic E-state index is 11.7. The van der Waals surface area contributed by atoms with Crippen LogP contribution in [0.2, 0.25) is 0 Å². The van der Waals surface area contributed by atoms with Crippen LogP contribution in [0.1, 0.15) is 38.0 Å². The summed E-state index contributed by atoms with van der Waals surface area (Å²) in [7, 11) is -3.59. The average Bonchev–Trinajstić information content (AvgIpc) is 3.14. The van der Waals surface area contributed by atoms with Gasteiger partial charge in [-0.25, -0.2) is 13.0 Å². The molecule has 1 unspecified atom stereocenters. The summed E-state index contributed by atoms with van der Waals surface area (Å²) in [6.45, 7) is 5.91. The lowest BCUT2D eigenvalue weighted by atomic mass is 10.0. The van der Waals surface area contributed by atoms with Crippen molar-refractivity contribution in [1.82, 2.24) is 25.3 Å². The number of fused-ring (bicyclic) bond motifs is 1. The summed E-state index contributed by atoms with van der Waals surface area (Å²) in [5.41, 5.74) is 2.16. The maximum atomic E-state index is 11.7. The molecule has 0 spiro atoms. The van der Waals surface area contributed by atoms with Crippen LogP contribution in [-0.2, 0) is 10.0 Å². The molecule has 0 bridgehead atoms. The van der Waals surface area contributed by atoms with Gasteiger partial charge in [0.2, 0.25) is 21.9 Å². The minimum absolute atomic E-state index is 0.0998. The molecule has 2 aromatic heterocycles. The Balaban J connectivity index is 1.90. The molecule has 3 aromatic rings. The minimum atomic E-state index is -3.59. The fraction of sp³-hybridized carbons (Fsp3) is 0.500. The molecule has 1 aromatic carbocycles. The van der Waals surface area contributed by atoms with Gasteiger partial charge in [0.05, 0.1) is 18.9 Å². The number of hydrogen-bond acceptors (Lipinski definition) is 11. The van der Waals surface area contributed by atoms with Gasteiger partial charge in [-0.05, 0) is 41.2 Å². The van der Waals surface area contributed by atoms with E-state index in [1.807, 2.05) is 32.9 Å². The third-order valence-electron chi connectivity index (χ3n) is 4.24. The van der Waals surface area contributed by atoms with Crippen LogP contribution < -0.4 is 10.0 Å². The summed E-state index contributed by atoms with van der Waals surface area (Å²) >= 11 is 1.31. The first kappa shape index (κ1) is 23.2. The third kappa shape index (κ3) is 6.48. The molecule has 0 fully saturated rings. The van der Waals surface area contributed by atoms with Gasteiger partial charge < -0.3 is 10.4 Å². The van der Waals surface area contributed by atoms with Crippen molar-refractivity contribution in [2.75, 3.05) is 22.9 Å². The monoisotopic (exact) mass is 467 g/mol. The molecule has 2 heterocycles. The molecule has 0 saturated carbocycles. The van der Waals surface area contributed by atoms with Gasteiger partial charge in [-0.1, -0.05) is 37.7 Å². The van der Waals surface area contributed by atoms with E-state index in [4.69, 9.17) is 4.63 Å². The second kappa shape index (κ2) is 9.75. The zero-order valence-corrected chi connectivity index (χ0v) is 19.2. The van der Waals surface area contributed by atoms with Crippen LogP contribution in [0.3, 0.4) is 0 Å². The van der Waals surface area contributed by atoms with Gasteiger partial charge in [0.25, 0.3) is 0 Å². The normalized spacial score (nSPS) is 14.0. The van der Waals surface area contributed by atoms with Crippen LogP contribution in [-0.4, -0.2) is 57.7 Å². The van der Waals surface area contributed by atoms with Crippen molar-refractivity contribution in [3.63, 3.8) is 0 Å². The topological polar surface area (TPSA) is 156 Å². The van der Waals surface area contributed by atoms with Crippen LogP contribution in [0, 0.1) is 5.92 Å². The summed E-state index contributed by atoms with van der Waals surface area (Å²) in [6, 6.07) is 5.28. The van der Waals surface area contributed by atoms with Gasteiger partial charge in [0.1, 0.15) is 11.0 Å². The Morgan fingerprint density at radius 3 is 2.55 bits per heavy atom. The summed E-state index contributed by atoms with van der Waals surface area (Å²) in [5.74, 6) is 0.416. The quantitative estimate of drug-likeness (QED) is 0.376. The zero-order chi connectivity index (χ0) is 22.6. The molecule has 0 amide bonds. The highest BCUT2D eigenvalue weighted by Crippen LogP contribution is 2.36. The largest absolute Gasteiger partial charge is 0.394 e. The number of anilines is 2. The summed E-state index contributed by atoms with van der Waals surface area (Å²) in [4.78, 5) is 12.8. The summed E-state index contributed by atoms with van der Waals surface area (Å²) < 4.78 is 30.5. The van der Waals surface area contributed by atoms with E-state index < -0.39 is 10.0 Å². The average molecular weight is 468 g/mol. The zero-order valence-electron chi connectivity index (χ0n) is 17.6. The molecule has 2 atom stereocenters. The van der Waals surface area contributed by atoms with Crippen LogP contribution in [0.5, 0.6) is 0 Å². The first-order valence-corrected chi connectivity index (χ1v) is 12.4. The molecule has 31 heavy (non-hydrogen) atoms. The third-order valence-corrected chi connectivity index (χ3v) is 5.79. The van der Waals surface area contributed by atoms with Crippen molar-refractivity contribution < 1.29 is 18.2 Å². The van der Waals surface area contributed by atoms with Crippen molar-refractivity contribution in [1.29, 1.82) is 0 Å². The number of benzene rings is 1. The molecular weight excluding hydrogens is 442 g/mol. The van der Waals surface area contributed by atoms with Crippen LogP contribution in [0.25, 0.3) is 11.0 Å². The van der Waals surface area contributed by atoms with Crippen molar-refractivity contribution in [3.05, 3.63) is 23.8 Å². The number of aliphatic hydroxyl groups is 1. The van der Waals surface area contributed by atoms with E-state index in [2.05, 4.69) is 35.3 Å². The predicted molar refractivity (Wildman–Crippen MR) is 118 cm³/mol. The lowest BCUT2D eigenvalue weighted by Gasteiger charge is -2.19. The van der Waals surface area contributed by atoms with Gasteiger partial charge in [0, 0.05) is 5.25 Å². The fourth-order valence-electron chi connectivity index (χ4n) is 2.99. The van der Waals surface area contributed by atoms with Crippen molar-refractivity contribution >= 4 is 44.7 Å².